The number of rotatable bonds is 3. The molecule has 1 aliphatic rings. The number of hydrogen-bond acceptors (Lipinski definition) is 2. The Hall–Kier alpha value is -0.380. The molecule has 3 heteroatoms. The molecule has 0 unspecified atom stereocenters. The molecule has 2 rings (SSSR count). The van der Waals surface area contributed by atoms with E-state index in [9.17, 15) is 0 Å². The van der Waals surface area contributed by atoms with Gasteiger partial charge in [0.15, 0.2) is 0 Å². The second-order valence-corrected chi connectivity index (χ2v) is 8.33. The zero-order valence-electron chi connectivity index (χ0n) is 13.3. The van der Waals surface area contributed by atoms with E-state index in [1.807, 2.05) is 0 Å². The molecule has 1 aromatic rings. The maximum Gasteiger partial charge on any atom is 0.0222 e. The van der Waals surface area contributed by atoms with Crippen molar-refractivity contribution in [2.75, 3.05) is 0 Å². The molecular weight excluding hydrogens is 312 g/mol. The van der Waals surface area contributed by atoms with Crippen molar-refractivity contribution in [3.8, 4) is 0 Å². The standard InChI is InChI=1S/C17H27BrN2/c1-12-6-7-13(15(18)8-12)11-19-14-9-16(2,3)20-17(4,5)10-14/h6-8,14,19-20H,9-11H2,1-5H3. The Bertz CT molecular complexity index is 464. The molecule has 2 N–H and O–H groups in total. The topological polar surface area (TPSA) is 24.1 Å². The number of aryl methyl sites for hydroxylation is 1. The first kappa shape index (κ1) is 16.0. The van der Waals surface area contributed by atoms with E-state index in [2.05, 4.69) is 79.4 Å². The number of nitrogens with one attached hydrogen (secondary N) is 2. The van der Waals surface area contributed by atoms with E-state index in [1.54, 1.807) is 0 Å². The quantitative estimate of drug-likeness (QED) is 0.864. The summed E-state index contributed by atoms with van der Waals surface area (Å²) < 4.78 is 1.21. The highest BCUT2D eigenvalue weighted by Gasteiger charge is 2.37. The number of halogens is 1. The molecule has 1 aliphatic heterocycles. The van der Waals surface area contributed by atoms with Crippen LogP contribution in [-0.2, 0) is 6.54 Å². The lowest BCUT2D eigenvalue weighted by molar-refractivity contribution is 0.145. The molecule has 112 valence electrons. The van der Waals surface area contributed by atoms with Gasteiger partial charge in [-0.3, -0.25) is 0 Å². The Morgan fingerprint density at radius 1 is 1.20 bits per heavy atom. The minimum Gasteiger partial charge on any atom is -0.310 e. The van der Waals surface area contributed by atoms with Crippen molar-refractivity contribution >= 4 is 15.9 Å². The molecule has 1 saturated heterocycles. The first-order chi connectivity index (χ1) is 9.17. The van der Waals surface area contributed by atoms with Gasteiger partial charge in [0, 0.05) is 28.1 Å². The Kier molecular flexibility index (Phi) is 4.63. The van der Waals surface area contributed by atoms with Crippen LogP contribution in [0.5, 0.6) is 0 Å². The molecule has 0 spiro atoms. The molecule has 1 aromatic carbocycles. The Morgan fingerprint density at radius 2 is 1.80 bits per heavy atom. The van der Waals surface area contributed by atoms with E-state index >= 15 is 0 Å². The maximum atomic E-state index is 3.74. The molecular formula is C17H27BrN2. The highest BCUT2D eigenvalue weighted by atomic mass is 79.9. The van der Waals surface area contributed by atoms with Gasteiger partial charge in [0.05, 0.1) is 0 Å². The molecule has 0 radical (unpaired) electrons. The Labute approximate surface area is 131 Å². The van der Waals surface area contributed by atoms with Crippen LogP contribution in [0.2, 0.25) is 0 Å². The lowest BCUT2D eigenvalue weighted by Crippen LogP contribution is -2.61. The smallest absolute Gasteiger partial charge is 0.0222 e. The average molecular weight is 339 g/mol. The van der Waals surface area contributed by atoms with Gasteiger partial charge in [-0.25, -0.2) is 0 Å². The summed E-state index contributed by atoms with van der Waals surface area (Å²) in [5, 5.41) is 7.47. The molecule has 0 atom stereocenters. The number of piperidine rings is 1. The van der Waals surface area contributed by atoms with Gasteiger partial charge < -0.3 is 10.6 Å². The lowest BCUT2D eigenvalue weighted by Gasteiger charge is -2.46. The van der Waals surface area contributed by atoms with Gasteiger partial charge in [0.25, 0.3) is 0 Å². The highest BCUT2D eigenvalue weighted by molar-refractivity contribution is 9.10. The minimum atomic E-state index is 0.198. The molecule has 0 bridgehead atoms. The van der Waals surface area contributed by atoms with E-state index in [4.69, 9.17) is 0 Å². The fourth-order valence-electron chi connectivity index (χ4n) is 3.52. The molecule has 0 amide bonds. The first-order valence-electron chi connectivity index (χ1n) is 7.45. The third-order valence-electron chi connectivity index (χ3n) is 3.98. The molecule has 1 fully saturated rings. The van der Waals surface area contributed by atoms with Gasteiger partial charge in [-0.05, 0) is 64.7 Å². The summed E-state index contributed by atoms with van der Waals surface area (Å²) in [4.78, 5) is 0. The van der Waals surface area contributed by atoms with Gasteiger partial charge in [0.1, 0.15) is 0 Å². The summed E-state index contributed by atoms with van der Waals surface area (Å²) in [6, 6.07) is 7.14. The van der Waals surface area contributed by atoms with E-state index < -0.39 is 0 Å². The monoisotopic (exact) mass is 338 g/mol. The summed E-state index contributed by atoms with van der Waals surface area (Å²) in [6.07, 6.45) is 2.33. The zero-order chi connectivity index (χ0) is 15.0. The predicted octanol–water partition coefficient (Wildman–Crippen LogP) is 4.16. The van der Waals surface area contributed by atoms with Crippen LogP contribution in [0.3, 0.4) is 0 Å². The molecule has 1 heterocycles. The normalized spacial score (nSPS) is 21.9. The van der Waals surface area contributed by atoms with Crippen LogP contribution in [0.15, 0.2) is 22.7 Å². The number of hydrogen-bond donors (Lipinski definition) is 2. The van der Waals surface area contributed by atoms with Crippen molar-refractivity contribution in [2.24, 2.45) is 0 Å². The van der Waals surface area contributed by atoms with Crippen LogP contribution >= 0.6 is 15.9 Å². The van der Waals surface area contributed by atoms with E-state index in [1.165, 1.54) is 28.4 Å². The molecule has 0 aromatic heterocycles. The average Bonchev–Trinajstić information content (AvgIpc) is 2.23. The second kappa shape index (κ2) is 5.78. The van der Waals surface area contributed by atoms with E-state index in [0.29, 0.717) is 6.04 Å². The minimum absolute atomic E-state index is 0.198. The summed E-state index contributed by atoms with van der Waals surface area (Å²) >= 11 is 3.66. The lowest BCUT2D eigenvalue weighted by atomic mass is 9.79. The van der Waals surface area contributed by atoms with Crippen molar-refractivity contribution in [3.63, 3.8) is 0 Å². The van der Waals surface area contributed by atoms with Gasteiger partial charge >= 0.3 is 0 Å². The first-order valence-corrected chi connectivity index (χ1v) is 8.24. The van der Waals surface area contributed by atoms with E-state index in [0.717, 1.165) is 6.54 Å². The van der Waals surface area contributed by atoms with Crippen LogP contribution in [0.4, 0.5) is 0 Å². The SMILES string of the molecule is Cc1ccc(CNC2CC(C)(C)NC(C)(C)C2)c(Br)c1. The third kappa shape index (κ3) is 4.31. The van der Waals surface area contributed by atoms with E-state index in [-0.39, 0.29) is 11.1 Å². The van der Waals surface area contributed by atoms with Crippen LogP contribution in [0, 0.1) is 6.92 Å². The van der Waals surface area contributed by atoms with Crippen LogP contribution in [0.25, 0.3) is 0 Å². The van der Waals surface area contributed by atoms with Crippen LogP contribution < -0.4 is 10.6 Å². The highest BCUT2D eigenvalue weighted by Crippen LogP contribution is 2.29. The van der Waals surface area contributed by atoms with Crippen LogP contribution in [-0.4, -0.2) is 17.1 Å². The van der Waals surface area contributed by atoms with Crippen molar-refractivity contribution in [2.45, 2.75) is 71.1 Å². The summed E-state index contributed by atoms with van der Waals surface area (Å²) in [5.74, 6) is 0. The van der Waals surface area contributed by atoms with Crippen molar-refractivity contribution < 1.29 is 0 Å². The second-order valence-electron chi connectivity index (χ2n) is 7.47. The van der Waals surface area contributed by atoms with Gasteiger partial charge in [0.2, 0.25) is 0 Å². The van der Waals surface area contributed by atoms with Gasteiger partial charge in [-0.15, -0.1) is 0 Å². The summed E-state index contributed by atoms with van der Waals surface area (Å²) in [5.41, 5.74) is 3.03. The van der Waals surface area contributed by atoms with Crippen molar-refractivity contribution in [1.82, 2.24) is 10.6 Å². The summed E-state index contributed by atoms with van der Waals surface area (Å²) in [7, 11) is 0. The fourth-order valence-corrected chi connectivity index (χ4v) is 4.15. The molecule has 0 aliphatic carbocycles. The van der Waals surface area contributed by atoms with Gasteiger partial charge in [-0.1, -0.05) is 28.1 Å². The zero-order valence-corrected chi connectivity index (χ0v) is 14.9. The van der Waals surface area contributed by atoms with Gasteiger partial charge in [-0.2, -0.15) is 0 Å². The van der Waals surface area contributed by atoms with Crippen molar-refractivity contribution in [3.05, 3.63) is 33.8 Å². The molecule has 20 heavy (non-hydrogen) atoms. The third-order valence-corrected chi connectivity index (χ3v) is 4.72. The fraction of sp³-hybridized carbons (Fsp3) is 0.647. The largest absolute Gasteiger partial charge is 0.310 e. The van der Waals surface area contributed by atoms with Crippen LogP contribution in [0.1, 0.15) is 51.7 Å². The predicted molar refractivity (Wildman–Crippen MR) is 90.0 cm³/mol. The molecule has 2 nitrogen and oxygen atoms in total. The number of benzene rings is 1. The Balaban J connectivity index is 2.00. The van der Waals surface area contributed by atoms with Crippen molar-refractivity contribution in [1.29, 1.82) is 0 Å². The Morgan fingerprint density at radius 3 is 2.35 bits per heavy atom. The summed E-state index contributed by atoms with van der Waals surface area (Å²) in [6.45, 7) is 12.2. The maximum absolute atomic E-state index is 3.74. The molecule has 0 saturated carbocycles.